The van der Waals surface area contributed by atoms with Gasteiger partial charge in [-0.1, -0.05) is 24.6 Å². The largest absolute Gasteiger partial charge is 0.316 e. The van der Waals surface area contributed by atoms with Gasteiger partial charge in [0.05, 0.1) is 5.02 Å². The average Bonchev–Trinajstić information content (AvgIpc) is 2.65. The number of benzene rings is 1. The molecule has 86 valence electrons. The van der Waals surface area contributed by atoms with Crippen molar-refractivity contribution in [3.05, 3.63) is 32.8 Å². The Morgan fingerprint density at radius 3 is 3.12 bits per heavy atom. The van der Waals surface area contributed by atoms with Gasteiger partial charge in [0.1, 0.15) is 0 Å². The molecule has 0 saturated carbocycles. The Balaban J connectivity index is 2.14. The zero-order valence-corrected chi connectivity index (χ0v) is 11.7. The van der Waals surface area contributed by atoms with Gasteiger partial charge in [-0.2, -0.15) is 0 Å². The van der Waals surface area contributed by atoms with Crippen molar-refractivity contribution in [2.75, 3.05) is 13.1 Å². The molecule has 1 N–H and O–H groups in total. The molecule has 3 heteroatoms. The molecule has 1 nitrogen and oxygen atoms in total. The summed E-state index contributed by atoms with van der Waals surface area (Å²) in [5.41, 5.74) is 3.26. The first-order chi connectivity index (χ1) is 7.62. The third-order valence-corrected chi connectivity index (χ3v) is 5.59. The van der Waals surface area contributed by atoms with Gasteiger partial charge < -0.3 is 5.32 Å². The summed E-state index contributed by atoms with van der Waals surface area (Å²) in [6.45, 7) is 4.64. The van der Waals surface area contributed by atoms with E-state index in [-0.39, 0.29) is 0 Å². The summed E-state index contributed by atoms with van der Waals surface area (Å²) >= 11 is 9.89. The normalized spacial score (nSPS) is 32.3. The zero-order valence-electron chi connectivity index (χ0n) is 9.32. The molecule has 1 saturated heterocycles. The fourth-order valence-electron chi connectivity index (χ4n) is 3.22. The first kappa shape index (κ1) is 11.1. The maximum Gasteiger partial charge on any atom is 0.0582 e. The number of fused-ring (bicyclic) bond motifs is 3. The number of halogens is 2. The molecule has 1 aliphatic heterocycles. The van der Waals surface area contributed by atoms with Crippen LogP contribution < -0.4 is 5.32 Å². The van der Waals surface area contributed by atoms with Gasteiger partial charge in [0.2, 0.25) is 0 Å². The van der Waals surface area contributed by atoms with E-state index >= 15 is 0 Å². The Labute approximate surface area is 110 Å². The molecule has 1 aromatic carbocycles. The van der Waals surface area contributed by atoms with Gasteiger partial charge >= 0.3 is 0 Å². The molecular formula is C13H15BrClN. The lowest BCUT2D eigenvalue weighted by atomic mass is 9.67. The van der Waals surface area contributed by atoms with Crippen LogP contribution in [-0.2, 0) is 6.42 Å². The quantitative estimate of drug-likeness (QED) is 0.769. The highest BCUT2D eigenvalue weighted by Gasteiger charge is 2.43. The van der Waals surface area contributed by atoms with Crippen LogP contribution in [0.1, 0.15) is 30.4 Å². The summed E-state index contributed by atoms with van der Waals surface area (Å²) in [6.07, 6.45) is 2.36. The second-order valence-electron chi connectivity index (χ2n) is 5.27. The third-order valence-electron chi connectivity index (χ3n) is 4.27. The van der Waals surface area contributed by atoms with Crippen LogP contribution in [0.3, 0.4) is 0 Å². The Bertz CT molecular complexity index is 446. The fraction of sp³-hybridized carbons (Fsp3) is 0.538. The van der Waals surface area contributed by atoms with Crippen molar-refractivity contribution in [3.8, 4) is 0 Å². The molecule has 0 aromatic heterocycles. The lowest BCUT2D eigenvalue weighted by molar-refractivity contribution is 0.277. The molecule has 2 atom stereocenters. The van der Waals surface area contributed by atoms with Crippen LogP contribution in [0.2, 0.25) is 5.02 Å². The molecule has 0 spiro atoms. The van der Waals surface area contributed by atoms with E-state index in [0.29, 0.717) is 11.3 Å². The SMILES string of the molecule is C[C@@]12CCc3c(ccc(Br)c3Cl)[C@H]1CNC2. The summed E-state index contributed by atoms with van der Waals surface area (Å²) < 4.78 is 1.03. The van der Waals surface area contributed by atoms with E-state index in [1.807, 2.05) is 0 Å². The van der Waals surface area contributed by atoms with E-state index < -0.39 is 0 Å². The van der Waals surface area contributed by atoms with Crippen molar-refractivity contribution in [3.63, 3.8) is 0 Å². The molecule has 0 unspecified atom stereocenters. The van der Waals surface area contributed by atoms with Crippen molar-refractivity contribution in [2.45, 2.75) is 25.7 Å². The predicted octanol–water partition coefficient (Wildman–Crippen LogP) is 3.74. The van der Waals surface area contributed by atoms with Gasteiger partial charge in [-0.15, -0.1) is 0 Å². The van der Waals surface area contributed by atoms with Crippen molar-refractivity contribution >= 4 is 27.5 Å². The highest BCUT2D eigenvalue weighted by atomic mass is 79.9. The summed E-state index contributed by atoms with van der Waals surface area (Å²) in [6, 6.07) is 4.34. The second-order valence-corrected chi connectivity index (χ2v) is 6.50. The van der Waals surface area contributed by atoms with Crippen LogP contribution in [0.25, 0.3) is 0 Å². The van der Waals surface area contributed by atoms with Gasteiger partial charge in [0, 0.05) is 23.5 Å². The van der Waals surface area contributed by atoms with Crippen molar-refractivity contribution < 1.29 is 0 Å². The molecule has 1 fully saturated rings. The summed E-state index contributed by atoms with van der Waals surface area (Å²) in [4.78, 5) is 0. The molecule has 16 heavy (non-hydrogen) atoms. The van der Waals surface area contributed by atoms with Crippen LogP contribution in [0.5, 0.6) is 0 Å². The van der Waals surface area contributed by atoms with Gasteiger partial charge in [-0.05, 0) is 51.4 Å². The molecule has 1 heterocycles. The number of rotatable bonds is 0. The van der Waals surface area contributed by atoms with E-state index in [4.69, 9.17) is 11.6 Å². The minimum absolute atomic E-state index is 0.435. The van der Waals surface area contributed by atoms with Crippen LogP contribution in [0, 0.1) is 5.41 Å². The van der Waals surface area contributed by atoms with E-state index in [1.165, 1.54) is 17.5 Å². The van der Waals surface area contributed by atoms with Gasteiger partial charge in [-0.25, -0.2) is 0 Å². The van der Waals surface area contributed by atoms with Gasteiger partial charge in [0.25, 0.3) is 0 Å². The molecule has 0 radical (unpaired) electrons. The standard InChI is InChI=1S/C13H15BrClN/c1-13-5-4-9-8(10(13)6-16-7-13)2-3-11(14)12(9)15/h2-3,10,16H,4-7H2,1H3/t10-,13+/m1/s1. The van der Waals surface area contributed by atoms with E-state index in [9.17, 15) is 0 Å². The van der Waals surface area contributed by atoms with Crippen LogP contribution in [0.15, 0.2) is 16.6 Å². The molecule has 0 amide bonds. The number of hydrogen-bond acceptors (Lipinski definition) is 1. The molecule has 0 bridgehead atoms. The Morgan fingerprint density at radius 2 is 2.31 bits per heavy atom. The Hall–Kier alpha value is -0.0500. The van der Waals surface area contributed by atoms with Gasteiger partial charge in [-0.3, -0.25) is 0 Å². The zero-order chi connectivity index (χ0) is 11.3. The highest BCUT2D eigenvalue weighted by molar-refractivity contribution is 9.10. The van der Waals surface area contributed by atoms with E-state index in [0.717, 1.165) is 29.0 Å². The van der Waals surface area contributed by atoms with Crippen molar-refractivity contribution in [2.24, 2.45) is 5.41 Å². The Morgan fingerprint density at radius 1 is 1.50 bits per heavy atom. The average molecular weight is 301 g/mol. The lowest BCUT2D eigenvalue weighted by Gasteiger charge is -2.37. The minimum Gasteiger partial charge on any atom is -0.316 e. The van der Waals surface area contributed by atoms with Crippen molar-refractivity contribution in [1.29, 1.82) is 0 Å². The predicted molar refractivity (Wildman–Crippen MR) is 71.2 cm³/mol. The molecule has 3 rings (SSSR count). The smallest absolute Gasteiger partial charge is 0.0582 e. The maximum absolute atomic E-state index is 6.38. The molecule has 2 aliphatic rings. The molecule has 1 aromatic rings. The first-order valence-electron chi connectivity index (χ1n) is 5.79. The number of hydrogen-bond donors (Lipinski definition) is 1. The summed E-state index contributed by atoms with van der Waals surface area (Å²) in [5.74, 6) is 0.641. The molecular weight excluding hydrogens is 286 g/mol. The first-order valence-corrected chi connectivity index (χ1v) is 6.96. The summed E-state index contributed by atoms with van der Waals surface area (Å²) in [7, 11) is 0. The fourth-order valence-corrected chi connectivity index (χ4v) is 3.86. The number of nitrogens with one attached hydrogen (secondary N) is 1. The van der Waals surface area contributed by atoms with E-state index in [2.05, 4.69) is 40.3 Å². The topological polar surface area (TPSA) is 12.0 Å². The van der Waals surface area contributed by atoms with Crippen molar-refractivity contribution in [1.82, 2.24) is 5.32 Å². The minimum atomic E-state index is 0.435. The van der Waals surface area contributed by atoms with E-state index in [1.54, 1.807) is 0 Å². The van der Waals surface area contributed by atoms with Crippen LogP contribution in [0.4, 0.5) is 0 Å². The third kappa shape index (κ3) is 1.47. The Kier molecular flexibility index (Phi) is 2.58. The second kappa shape index (κ2) is 3.72. The van der Waals surface area contributed by atoms with Crippen LogP contribution >= 0.6 is 27.5 Å². The maximum atomic E-state index is 6.38. The highest BCUT2D eigenvalue weighted by Crippen LogP contribution is 2.49. The van der Waals surface area contributed by atoms with Crippen LogP contribution in [-0.4, -0.2) is 13.1 Å². The summed E-state index contributed by atoms with van der Waals surface area (Å²) in [5, 5.41) is 4.45. The monoisotopic (exact) mass is 299 g/mol. The van der Waals surface area contributed by atoms with Gasteiger partial charge in [0.15, 0.2) is 0 Å². The lowest BCUT2D eigenvalue weighted by Crippen LogP contribution is -2.30. The molecule has 1 aliphatic carbocycles.